The van der Waals surface area contributed by atoms with E-state index in [4.69, 9.17) is 9.15 Å². The number of ether oxygens (including phenoxy) is 1. The molecule has 4 rings (SSSR count). The number of carbonyl (C=O) groups excluding carboxylic acids is 1. The molecule has 2 aliphatic rings. The highest BCUT2D eigenvalue weighted by Crippen LogP contribution is 2.47. The van der Waals surface area contributed by atoms with E-state index < -0.39 is 5.97 Å². The summed E-state index contributed by atoms with van der Waals surface area (Å²) in [5, 5.41) is 0. The van der Waals surface area contributed by atoms with Gasteiger partial charge in [0.2, 0.25) is 5.90 Å². The largest absolute Gasteiger partial charge is 0.461 e. The van der Waals surface area contributed by atoms with Gasteiger partial charge >= 0.3 is 5.97 Å². The van der Waals surface area contributed by atoms with Gasteiger partial charge in [-0.3, -0.25) is 0 Å². The van der Waals surface area contributed by atoms with E-state index in [-0.39, 0.29) is 5.70 Å². The molecule has 1 aromatic heterocycles. The Morgan fingerprint density at radius 2 is 1.95 bits per heavy atom. The molecule has 1 fully saturated rings. The summed E-state index contributed by atoms with van der Waals surface area (Å²) in [5.74, 6) is 2.71. The Bertz CT molecular complexity index is 786. The van der Waals surface area contributed by atoms with Crippen molar-refractivity contribution in [1.29, 1.82) is 0 Å². The lowest BCUT2D eigenvalue weighted by molar-refractivity contribution is -0.129. The molecule has 0 amide bonds. The maximum atomic E-state index is 11.9. The molecule has 2 heterocycles. The number of hydrogen-bond donors (Lipinski definition) is 0. The Labute approximate surface area is 128 Å². The van der Waals surface area contributed by atoms with Crippen LogP contribution >= 0.6 is 0 Å². The Kier molecular flexibility index (Phi) is 2.96. The first-order chi connectivity index (χ1) is 10.7. The van der Waals surface area contributed by atoms with Gasteiger partial charge < -0.3 is 9.15 Å². The number of hydrogen-bond acceptors (Lipinski definition) is 4. The summed E-state index contributed by atoms with van der Waals surface area (Å²) >= 11 is 0. The van der Waals surface area contributed by atoms with Crippen LogP contribution in [0.5, 0.6) is 0 Å². The first-order valence-electron chi connectivity index (χ1n) is 7.38. The van der Waals surface area contributed by atoms with Crippen molar-refractivity contribution in [1.82, 2.24) is 0 Å². The van der Waals surface area contributed by atoms with Crippen LogP contribution in [0.15, 0.2) is 57.6 Å². The summed E-state index contributed by atoms with van der Waals surface area (Å²) < 4.78 is 11.0. The molecule has 0 bridgehead atoms. The van der Waals surface area contributed by atoms with E-state index in [2.05, 4.69) is 11.9 Å². The Hall–Kier alpha value is -2.62. The number of aliphatic imine (C=N–C) groups is 1. The van der Waals surface area contributed by atoms with Crippen LogP contribution in [0.3, 0.4) is 0 Å². The molecule has 22 heavy (non-hydrogen) atoms. The van der Waals surface area contributed by atoms with Crippen LogP contribution in [0, 0.1) is 5.92 Å². The average molecular weight is 293 g/mol. The van der Waals surface area contributed by atoms with Crippen LogP contribution in [-0.4, -0.2) is 11.9 Å². The minimum atomic E-state index is -0.448. The van der Waals surface area contributed by atoms with E-state index in [1.54, 1.807) is 6.08 Å². The van der Waals surface area contributed by atoms with Gasteiger partial charge in [-0.1, -0.05) is 25.1 Å². The van der Waals surface area contributed by atoms with Crippen molar-refractivity contribution in [3.63, 3.8) is 0 Å². The molecule has 0 N–H and O–H groups in total. The van der Waals surface area contributed by atoms with Crippen molar-refractivity contribution in [2.75, 3.05) is 0 Å². The van der Waals surface area contributed by atoms with Crippen molar-refractivity contribution < 1.29 is 13.9 Å². The smallest absolute Gasteiger partial charge is 0.363 e. The SMILES string of the molecule is C[C@@H]1C[C@@H]1c1ccc(/C=C2\N=C(c3ccccc3)OC2=O)o1. The van der Waals surface area contributed by atoms with E-state index in [1.807, 2.05) is 42.5 Å². The Morgan fingerprint density at radius 1 is 1.18 bits per heavy atom. The molecule has 1 aliphatic carbocycles. The van der Waals surface area contributed by atoms with Crippen molar-refractivity contribution in [3.8, 4) is 0 Å². The number of rotatable bonds is 3. The lowest BCUT2D eigenvalue weighted by Crippen LogP contribution is -2.04. The highest BCUT2D eigenvalue weighted by atomic mass is 16.6. The number of carbonyl (C=O) groups is 1. The molecule has 0 radical (unpaired) electrons. The van der Waals surface area contributed by atoms with Crippen molar-refractivity contribution >= 4 is 17.9 Å². The summed E-state index contributed by atoms with van der Waals surface area (Å²) in [6.45, 7) is 2.20. The molecule has 4 nitrogen and oxygen atoms in total. The molecule has 1 saturated carbocycles. The zero-order chi connectivity index (χ0) is 15.1. The molecular formula is C18H15NO3. The number of nitrogens with zero attached hydrogens (tertiary/aromatic N) is 1. The summed E-state index contributed by atoms with van der Waals surface area (Å²) in [5.41, 5.74) is 1.05. The first kappa shape index (κ1) is 13.1. The molecule has 2 aromatic rings. The van der Waals surface area contributed by atoms with E-state index in [9.17, 15) is 4.79 Å². The van der Waals surface area contributed by atoms with Crippen LogP contribution in [0.25, 0.3) is 6.08 Å². The second-order valence-electron chi connectivity index (χ2n) is 5.76. The third-order valence-electron chi connectivity index (χ3n) is 4.04. The van der Waals surface area contributed by atoms with E-state index in [0.717, 1.165) is 11.3 Å². The predicted molar refractivity (Wildman–Crippen MR) is 82.3 cm³/mol. The third kappa shape index (κ3) is 2.37. The molecule has 0 unspecified atom stereocenters. The zero-order valence-electron chi connectivity index (χ0n) is 12.2. The molecular weight excluding hydrogens is 278 g/mol. The Balaban J connectivity index is 1.60. The standard InChI is InChI=1S/C18H15NO3/c1-11-9-14(11)16-8-7-13(21-16)10-15-18(20)22-17(19-15)12-5-3-2-4-6-12/h2-8,10-11,14H,9H2,1H3/b15-10-/t11-,14+/m1/s1. The van der Waals surface area contributed by atoms with Gasteiger partial charge in [0.05, 0.1) is 0 Å². The van der Waals surface area contributed by atoms with Crippen LogP contribution < -0.4 is 0 Å². The summed E-state index contributed by atoms with van der Waals surface area (Å²) in [6.07, 6.45) is 2.80. The summed E-state index contributed by atoms with van der Waals surface area (Å²) in [6, 6.07) is 13.2. The molecule has 0 spiro atoms. The minimum Gasteiger partial charge on any atom is -0.461 e. The van der Waals surface area contributed by atoms with Gasteiger partial charge in [0.15, 0.2) is 5.70 Å². The molecule has 2 atom stereocenters. The topological polar surface area (TPSA) is 51.8 Å². The maximum Gasteiger partial charge on any atom is 0.363 e. The minimum absolute atomic E-state index is 0.267. The second kappa shape index (κ2) is 4.98. The van der Waals surface area contributed by atoms with Gasteiger partial charge in [0.25, 0.3) is 0 Å². The monoisotopic (exact) mass is 293 g/mol. The van der Waals surface area contributed by atoms with Gasteiger partial charge in [-0.15, -0.1) is 0 Å². The lowest BCUT2D eigenvalue weighted by Gasteiger charge is -1.97. The molecule has 1 aliphatic heterocycles. The molecule has 4 heteroatoms. The zero-order valence-corrected chi connectivity index (χ0v) is 12.2. The number of cyclic esters (lactones) is 1. The first-order valence-corrected chi connectivity index (χ1v) is 7.38. The molecule has 1 aromatic carbocycles. The van der Waals surface area contributed by atoms with E-state index in [0.29, 0.717) is 23.5 Å². The fourth-order valence-electron chi connectivity index (χ4n) is 2.61. The normalized spacial score (nSPS) is 25.2. The van der Waals surface area contributed by atoms with Crippen molar-refractivity contribution in [3.05, 3.63) is 65.2 Å². The fourth-order valence-corrected chi connectivity index (χ4v) is 2.61. The number of esters is 1. The quantitative estimate of drug-likeness (QED) is 0.639. The van der Waals surface area contributed by atoms with Crippen molar-refractivity contribution in [2.24, 2.45) is 10.9 Å². The van der Waals surface area contributed by atoms with Gasteiger partial charge in [-0.2, -0.15) is 0 Å². The van der Waals surface area contributed by atoms with E-state index >= 15 is 0 Å². The summed E-state index contributed by atoms with van der Waals surface area (Å²) in [7, 11) is 0. The van der Waals surface area contributed by atoms with Crippen LogP contribution in [0.2, 0.25) is 0 Å². The van der Waals surface area contributed by atoms with Crippen LogP contribution in [0.4, 0.5) is 0 Å². The summed E-state index contributed by atoms with van der Waals surface area (Å²) in [4.78, 5) is 16.2. The average Bonchev–Trinajstić information content (AvgIpc) is 2.94. The lowest BCUT2D eigenvalue weighted by atomic mass is 10.2. The van der Waals surface area contributed by atoms with Gasteiger partial charge in [0.1, 0.15) is 11.5 Å². The van der Waals surface area contributed by atoms with Crippen LogP contribution in [-0.2, 0) is 9.53 Å². The Morgan fingerprint density at radius 3 is 2.68 bits per heavy atom. The van der Waals surface area contributed by atoms with Gasteiger partial charge in [-0.05, 0) is 36.6 Å². The van der Waals surface area contributed by atoms with Crippen molar-refractivity contribution in [2.45, 2.75) is 19.3 Å². The van der Waals surface area contributed by atoms with Gasteiger partial charge in [-0.25, -0.2) is 9.79 Å². The second-order valence-corrected chi connectivity index (χ2v) is 5.76. The fraction of sp³-hybridized carbons (Fsp3) is 0.222. The van der Waals surface area contributed by atoms with Crippen LogP contribution in [0.1, 0.15) is 36.3 Å². The maximum absolute atomic E-state index is 11.9. The third-order valence-corrected chi connectivity index (χ3v) is 4.04. The number of furan rings is 1. The van der Waals surface area contributed by atoms with E-state index in [1.165, 1.54) is 6.42 Å². The number of benzene rings is 1. The van der Waals surface area contributed by atoms with Gasteiger partial charge in [0, 0.05) is 17.6 Å². The highest BCUT2D eigenvalue weighted by molar-refractivity contribution is 6.12. The molecule has 0 saturated heterocycles. The predicted octanol–water partition coefficient (Wildman–Crippen LogP) is 3.75. The highest BCUT2D eigenvalue weighted by Gasteiger charge is 2.36. The molecule has 110 valence electrons.